The highest BCUT2D eigenvalue weighted by Crippen LogP contribution is 2.30. The topological polar surface area (TPSA) is 38.3 Å². The van der Waals surface area contributed by atoms with E-state index in [1.807, 2.05) is 0 Å². The van der Waals surface area contributed by atoms with Crippen molar-refractivity contribution in [3.8, 4) is 0 Å². The van der Waals surface area contributed by atoms with Gasteiger partial charge in [-0.05, 0) is 11.3 Å². The number of ether oxygens (including phenoxy) is 1. The minimum absolute atomic E-state index is 0.00694. The summed E-state index contributed by atoms with van der Waals surface area (Å²) < 4.78 is 5.21. The quantitative estimate of drug-likeness (QED) is 0.680. The van der Waals surface area contributed by atoms with Gasteiger partial charge in [0.25, 0.3) is 0 Å². The Morgan fingerprint density at radius 2 is 1.92 bits per heavy atom. The number of cyclic esters (lactones) is 1. The van der Waals surface area contributed by atoms with Crippen LogP contribution in [0.15, 0.2) is 0 Å². The van der Waals surface area contributed by atoms with Crippen LogP contribution in [0, 0.1) is 11.3 Å². The van der Waals surface area contributed by atoms with Crippen molar-refractivity contribution in [3.05, 3.63) is 0 Å². The number of alkyl carbamates (subject to hydrolysis) is 1. The molecule has 1 aliphatic heterocycles. The zero-order chi connectivity index (χ0) is 10.2. The van der Waals surface area contributed by atoms with Crippen molar-refractivity contribution in [2.75, 3.05) is 0 Å². The van der Waals surface area contributed by atoms with Crippen molar-refractivity contribution >= 4 is 6.09 Å². The Morgan fingerprint density at radius 1 is 1.38 bits per heavy atom. The lowest BCUT2D eigenvalue weighted by Gasteiger charge is -2.31. The normalized spacial score (nSPS) is 28.9. The summed E-state index contributed by atoms with van der Waals surface area (Å²) in [7, 11) is 0. The van der Waals surface area contributed by atoms with E-state index in [1.165, 1.54) is 0 Å². The minimum Gasteiger partial charge on any atom is -0.444 e. The molecule has 0 aromatic rings. The van der Waals surface area contributed by atoms with Crippen LogP contribution in [-0.4, -0.2) is 18.2 Å². The summed E-state index contributed by atoms with van der Waals surface area (Å²) in [5.41, 5.74) is 0.0566. The average Bonchev–Trinajstić information content (AvgIpc) is 2.29. The molecule has 0 aromatic heterocycles. The summed E-state index contributed by atoms with van der Waals surface area (Å²) in [6.45, 7) is 10.5. The first-order valence-electron chi connectivity index (χ1n) is 4.79. The monoisotopic (exact) mass is 185 g/mol. The second kappa shape index (κ2) is 3.20. The number of carbonyl (C=O) groups is 1. The van der Waals surface area contributed by atoms with E-state index in [2.05, 4.69) is 39.9 Å². The van der Waals surface area contributed by atoms with Crippen molar-refractivity contribution in [2.45, 2.75) is 46.8 Å². The van der Waals surface area contributed by atoms with E-state index in [0.717, 1.165) is 0 Å². The van der Waals surface area contributed by atoms with Crippen LogP contribution < -0.4 is 5.32 Å². The second-order valence-corrected chi connectivity index (χ2v) is 5.10. The molecule has 0 unspecified atom stereocenters. The molecule has 0 aromatic carbocycles. The summed E-state index contributed by atoms with van der Waals surface area (Å²) in [5, 5.41) is 2.86. The van der Waals surface area contributed by atoms with Crippen LogP contribution in [-0.2, 0) is 4.74 Å². The molecule has 1 aliphatic rings. The Hall–Kier alpha value is -0.730. The Bertz CT molecular complexity index is 205. The molecule has 0 saturated carbocycles. The predicted molar refractivity (Wildman–Crippen MR) is 51.5 cm³/mol. The Morgan fingerprint density at radius 3 is 2.23 bits per heavy atom. The fourth-order valence-electron chi connectivity index (χ4n) is 1.67. The number of carbonyl (C=O) groups excluding carboxylic acids is 1. The maximum atomic E-state index is 11.1. The molecule has 1 rings (SSSR count). The van der Waals surface area contributed by atoms with Gasteiger partial charge in [-0.3, -0.25) is 0 Å². The molecule has 0 spiro atoms. The van der Waals surface area contributed by atoms with Gasteiger partial charge in [-0.15, -0.1) is 0 Å². The molecular weight excluding hydrogens is 166 g/mol. The third kappa shape index (κ3) is 2.14. The maximum absolute atomic E-state index is 11.1. The van der Waals surface area contributed by atoms with Gasteiger partial charge in [-0.2, -0.15) is 0 Å². The highest BCUT2D eigenvalue weighted by atomic mass is 16.6. The predicted octanol–water partition coefficient (Wildman–Crippen LogP) is 2.17. The number of nitrogens with one attached hydrogen (secondary N) is 1. The lowest BCUT2D eigenvalue weighted by molar-refractivity contribution is 0.0785. The molecule has 3 heteroatoms. The van der Waals surface area contributed by atoms with Crippen LogP contribution in [0.2, 0.25) is 0 Å². The molecule has 1 fully saturated rings. The maximum Gasteiger partial charge on any atom is 0.407 e. The van der Waals surface area contributed by atoms with Gasteiger partial charge in [-0.1, -0.05) is 34.6 Å². The largest absolute Gasteiger partial charge is 0.444 e. The minimum atomic E-state index is -0.279. The first kappa shape index (κ1) is 10.4. The number of rotatable bonds is 1. The summed E-state index contributed by atoms with van der Waals surface area (Å²) in [5.74, 6) is 0.364. The van der Waals surface area contributed by atoms with Gasteiger partial charge in [0, 0.05) is 0 Å². The van der Waals surface area contributed by atoms with E-state index in [-0.39, 0.29) is 23.7 Å². The SMILES string of the molecule is CC(C)[C@@H]1OC(=O)N[C@@H]1C(C)(C)C. The van der Waals surface area contributed by atoms with E-state index >= 15 is 0 Å². The Labute approximate surface area is 79.8 Å². The van der Waals surface area contributed by atoms with Crippen LogP contribution in [0.4, 0.5) is 4.79 Å². The lowest BCUT2D eigenvalue weighted by Crippen LogP contribution is -2.44. The van der Waals surface area contributed by atoms with E-state index in [4.69, 9.17) is 4.74 Å². The highest BCUT2D eigenvalue weighted by molar-refractivity contribution is 5.70. The Balaban J connectivity index is 2.78. The molecule has 2 atom stereocenters. The fourth-order valence-corrected chi connectivity index (χ4v) is 1.67. The second-order valence-electron chi connectivity index (χ2n) is 5.10. The van der Waals surface area contributed by atoms with Crippen molar-refractivity contribution in [3.63, 3.8) is 0 Å². The highest BCUT2D eigenvalue weighted by Gasteiger charge is 2.42. The third-order valence-corrected chi connectivity index (χ3v) is 2.44. The lowest BCUT2D eigenvalue weighted by atomic mass is 9.81. The number of amides is 1. The van der Waals surface area contributed by atoms with Crippen LogP contribution in [0.25, 0.3) is 0 Å². The van der Waals surface area contributed by atoms with Gasteiger partial charge in [0.15, 0.2) is 0 Å². The molecule has 13 heavy (non-hydrogen) atoms. The zero-order valence-corrected chi connectivity index (χ0v) is 9.05. The van der Waals surface area contributed by atoms with Crippen molar-refractivity contribution in [2.24, 2.45) is 11.3 Å². The fraction of sp³-hybridized carbons (Fsp3) is 0.900. The van der Waals surface area contributed by atoms with E-state index in [0.29, 0.717) is 5.92 Å². The van der Waals surface area contributed by atoms with Gasteiger partial charge in [0.05, 0.1) is 6.04 Å². The summed E-state index contributed by atoms with van der Waals surface area (Å²) in [6, 6.07) is 0.125. The third-order valence-electron chi connectivity index (χ3n) is 2.44. The number of hydrogen-bond acceptors (Lipinski definition) is 2. The molecule has 76 valence electrons. The summed E-state index contributed by atoms with van der Waals surface area (Å²) >= 11 is 0. The molecule has 0 aliphatic carbocycles. The summed E-state index contributed by atoms with van der Waals surface area (Å²) in [4.78, 5) is 11.1. The van der Waals surface area contributed by atoms with E-state index in [9.17, 15) is 4.79 Å². The first-order valence-corrected chi connectivity index (χ1v) is 4.79. The standard InChI is InChI=1S/C10H19NO2/c1-6(2)7-8(10(3,4)5)11-9(12)13-7/h6-8H,1-5H3,(H,11,12)/t7-,8-/m0/s1. The van der Waals surface area contributed by atoms with Gasteiger partial charge in [0.2, 0.25) is 0 Å². The van der Waals surface area contributed by atoms with E-state index < -0.39 is 0 Å². The van der Waals surface area contributed by atoms with Gasteiger partial charge in [0.1, 0.15) is 6.10 Å². The first-order chi connectivity index (χ1) is 5.82. The molecule has 1 amide bonds. The van der Waals surface area contributed by atoms with Gasteiger partial charge < -0.3 is 10.1 Å². The van der Waals surface area contributed by atoms with Crippen LogP contribution in [0.5, 0.6) is 0 Å². The molecule has 0 radical (unpaired) electrons. The number of hydrogen-bond donors (Lipinski definition) is 1. The molecular formula is C10H19NO2. The van der Waals surface area contributed by atoms with E-state index in [1.54, 1.807) is 0 Å². The Kier molecular flexibility index (Phi) is 2.55. The van der Waals surface area contributed by atoms with Crippen LogP contribution >= 0.6 is 0 Å². The molecule has 1 N–H and O–H groups in total. The van der Waals surface area contributed by atoms with Crippen LogP contribution in [0.1, 0.15) is 34.6 Å². The van der Waals surface area contributed by atoms with Gasteiger partial charge in [-0.25, -0.2) is 4.79 Å². The molecule has 1 heterocycles. The molecule has 1 saturated heterocycles. The van der Waals surface area contributed by atoms with Crippen LogP contribution in [0.3, 0.4) is 0 Å². The zero-order valence-electron chi connectivity index (χ0n) is 9.05. The molecule has 3 nitrogen and oxygen atoms in total. The summed E-state index contributed by atoms with van der Waals surface area (Å²) in [6.07, 6.45) is -0.272. The van der Waals surface area contributed by atoms with Crippen molar-refractivity contribution < 1.29 is 9.53 Å². The van der Waals surface area contributed by atoms with Crippen molar-refractivity contribution in [1.29, 1.82) is 0 Å². The average molecular weight is 185 g/mol. The van der Waals surface area contributed by atoms with Gasteiger partial charge >= 0.3 is 6.09 Å². The van der Waals surface area contributed by atoms with Crippen molar-refractivity contribution in [1.82, 2.24) is 5.32 Å². The smallest absolute Gasteiger partial charge is 0.407 e. The molecule has 0 bridgehead atoms.